The summed E-state index contributed by atoms with van der Waals surface area (Å²) in [6.45, 7) is 3.64. The van der Waals surface area contributed by atoms with Gasteiger partial charge in [0.2, 0.25) is 0 Å². The molecule has 1 aromatic carbocycles. The smallest absolute Gasteiger partial charge is 0.336 e. The van der Waals surface area contributed by atoms with Crippen molar-refractivity contribution in [3.8, 4) is 5.75 Å². The third kappa shape index (κ3) is 4.15. The molecule has 0 saturated heterocycles. The molecule has 0 radical (unpaired) electrons. The Morgan fingerprint density at radius 2 is 1.92 bits per heavy atom. The van der Waals surface area contributed by atoms with Crippen molar-refractivity contribution in [2.45, 2.75) is 32.7 Å². The van der Waals surface area contributed by atoms with Crippen LogP contribution >= 0.6 is 0 Å². The Hall–Kier alpha value is -2.89. The zero-order valence-electron chi connectivity index (χ0n) is 14.6. The zero-order chi connectivity index (χ0) is 18.0. The molecule has 0 aliphatic heterocycles. The summed E-state index contributed by atoms with van der Waals surface area (Å²) in [4.78, 5) is 23.9. The number of aromatic nitrogens is 2. The fourth-order valence-corrected chi connectivity index (χ4v) is 2.44. The lowest BCUT2D eigenvalue weighted by Crippen LogP contribution is -2.25. The van der Waals surface area contributed by atoms with Gasteiger partial charge in [-0.2, -0.15) is 5.10 Å². The Morgan fingerprint density at radius 3 is 2.48 bits per heavy atom. The molecule has 1 heterocycles. The first-order valence-electron chi connectivity index (χ1n) is 8.25. The van der Waals surface area contributed by atoms with Crippen LogP contribution < -0.4 is 10.1 Å². The van der Waals surface area contributed by atoms with Crippen molar-refractivity contribution in [2.75, 3.05) is 0 Å². The van der Waals surface area contributed by atoms with E-state index < -0.39 is 5.97 Å². The van der Waals surface area contributed by atoms with Gasteiger partial charge >= 0.3 is 5.97 Å². The van der Waals surface area contributed by atoms with Gasteiger partial charge in [0, 0.05) is 24.7 Å². The largest absolute Gasteiger partial charge is 0.419 e. The molecule has 0 unspecified atom stereocenters. The van der Waals surface area contributed by atoms with Crippen LogP contribution in [0.5, 0.6) is 5.75 Å². The zero-order valence-corrected chi connectivity index (χ0v) is 14.6. The second-order valence-corrected chi connectivity index (χ2v) is 6.25. The van der Waals surface area contributed by atoms with E-state index in [1.807, 2.05) is 6.92 Å². The van der Waals surface area contributed by atoms with E-state index in [2.05, 4.69) is 10.4 Å². The van der Waals surface area contributed by atoms with Crippen LogP contribution in [0.1, 0.15) is 40.2 Å². The van der Waals surface area contributed by atoms with E-state index in [9.17, 15) is 9.59 Å². The number of carbonyl (C=O) groups excluding carboxylic acids is 2. The lowest BCUT2D eigenvalue weighted by atomic mass is 10.1. The normalized spacial score (nSPS) is 13.9. The molecule has 25 heavy (non-hydrogen) atoms. The van der Waals surface area contributed by atoms with Crippen LogP contribution in [-0.2, 0) is 11.8 Å². The van der Waals surface area contributed by atoms with E-state index in [-0.39, 0.29) is 5.91 Å². The SMILES string of the molecule is Cc1nn(C)c(C)c1OC(=O)C=Cc1ccc(C(=O)NC2CC2)cc1. The van der Waals surface area contributed by atoms with Crippen molar-refractivity contribution in [3.05, 3.63) is 52.9 Å². The minimum atomic E-state index is -0.463. The predicted octanol–water partition coefficient (Wildman–Crippen LogP) is 2.55. The van der Waals surface area contributed by atoms with Crippen LogP contribution in [0.15, 0.2) is 30.3 Å². The van der Waals surface area contributed by atoms with Crippen molar-refractivity contribution in [3.63, 3.8) is 0 Å². The predicted molar refractivity (Wildman–Crippen MR) is 94.3 cm³/mol. The number of hydrogen-bond acceptors (Lipinski definition) is 4. The minimum Gasteiger partial charge on any atom is -0.419 e. The molecule has 6 nitrogen and oxygen atoms in total. The molecule has 6 heteroatoms. The van der Waals surface area contributed by atoms with Crippen LogP contribution in [0, 0.1) is 13.8 Å². The maximum Gasteiger partial charge on any atom is 0.336 e. The molecule has 1 aromatic heterocycles. The topological polar surface area (TPSA) is 73.2 Å². The number of rotatable bonds is 5. The van der Waals surface area contributed by atoms with Crippen LogP contribution in [0.25, 0.3) is 6.08 Å². The maximum absolute atomic E-state index is 12.0. The molecule has 2 aromatic rings. The lowest BCUT2D eigenvalue weighted by molar-refractivity contribution is -0.129. The summed E-state index contributed by atoms with van der Waals surface area (Å²) in [5, 5.41) is 7.15. The number of esters is 1. The molecule has 3 rings (SSSR count). The van der Waals surface area contributed by atoms with E-state index in [0.717, 1.165) is 24.1 Å². The van der Waals surface area contributed by atoms with Gasteiger partial charge in [0.05, 0.1) is 5.69 Å². The Balaban J connectivity index is 1.61. The molecule has 1 N–H and O–H groups in total. The number of ether oxygens (including phenoxy) is 1. The summed E-state index contributed by atoms with van der Waals surface area (Å²) >= 11 is 0. The van der Waals surface area contributed by atoms with E-state index in [1.165, 1.54) is 6.08 Å². The Labute approximate surface area is 146 Å². The van der Waals surface area contributed by atoms with Gasteiger partial charge in [-0.3, -0.25) is 9.48 Å². The molecule has 1 aliphatic carbocycles. The number of benzene rings is 1. The first kappa shape index (κ1) is 17.0. The first-order chi connectivity index (χ1) is 11.9. The van der Waals surface area contributed by atoms with Crippen molar-refractivity contribution < 1.29 is 14.3 Å². The van der Waals surface area contributed by atoms with Crippen LogP contribution in [0.4, 0.5) is 0 Å². The molecule has 1 amide bonds. The van der Waals surface area contributed by atoms with Crippen molar-refractivity contribution in [1.29, 1.82) is 0 Å². The highest BCUT2D eigenvalue weighted by Gasteiger charge is 2.23. The van der Waals surface area contributed by atoms with Crippen molar-refractivity contribution in [1.82, 2.24) is 15.1 Å². The molecular weight excluding hydrogens is 318 g/mol. The number of aryl methyl sites for hydroxylation is 2. The van der Waals surface area contributed by atoms with Crippen molar-refractivity contribution in [2.24, 2.45) is 7.05 Å². The van der Waals surface area contributed by atoms with Gasteiger partial charge in [-0.05, 0) is 50.5 Å². The Kier molecular flexibility index (Phi) is 4.70. The van der Waals surface area contributed by atoms with Gasteiger partial charge < -0.3 is 10.1 Å². The maximum atomic E-state index is 12.0. The van der Waals surface area contributed by atoms with Gasteiger partial charge in [0.1, 0.15) is 5.69 Å². The number of nitrogens with one attached hydrogen (secondary N) is 1. The summed E-state index contributed by atoms with van der Waals surface area (Å²) in [6.07, 6.45) is 5.15. The van der Waals surface area contributed by atoms with Crippen LogP contribution in [0.2, 0.25) is 0 Å². The highest BCUT2D eigenvalue weighted by atomic mass is 16.5. The standard InChI is InChI=1S/C19H21N3O3/c1-12-18(13(2)22(3)21-12)25-17(23)11-6-14-4-7-15(8-5-14)19(24)20-16-9-10-16/h4-8,11,16H,9-10H2,1-3H3,(H,20,24). The van der Waals surface area contributed by atoms with Gasteiger partial charge in [-0.25, -0.2) is 4.79 Å². The number of amides is 1. The molecule has 0 atom stereocenters. The Bertz CT molecular complexity index is 830. The summed E-state index contributed by atoms with van der Waals surface area (Å²) in [5.41, 5.74) is 2.91. The summed E-state index contributed by atoms with van der Waals surface area (Å²) < 4.78 is 7.03. The summed E-state index contributed by atoms with van der Waals surface area (Å²) in [5.74, 6) is -0.0287. The minimum absolute atomic E-state index is 0.0556. The monoisotopic (exact) mass is 339 g/mol. The molecule has 0 spiro atoms. The molecule has 1 saturated carbocycles. The quantitative estimate of drug-likeness (QED) is 0.671. The summed E-state index contributed by atoms with van der Waals surface area (Å²) in [7, 11) is 1.80. The second-order valence-electron chi connectivity index (χ2n) is 6.25. The first-order valence-corrected chi connectivity index (χ1v) is 8.25. The fourth-order valence-electron chi connectivity index (χ4n) is 2.44. The van der Waals surface area contributed by atoms with Gasteiger partial charge in [-0.1, -0.05) is 12.1 Å². The lowest BCUT2D eigenvalue weighted by Gasteiger charge is -2.03. The van der Waals surface area contributed by atoms with Gasteiger partial charge in [-0.15, -0.1) is 0 Å². The summed E-state index contributed by atoms with van der Waals surface area (Å²) in [6, 6.07) is 7.43. The third-order valence-electron chi connectivity index (χ3n) is 4.14. The molecule has 1 aliphatic rings. The molecule has 0 bridgehead atoms. The molecule has 130 valence electrons. The van der Waals surface area contributed by atoms with Gasteiger partial charge in [0.15, 0.2) is 5.75 Å². The second kappa shape index (κ2) is 6.93. The Morgan fingerprint density at radius 1 is 1.24 bits per heavy atom. The molecular formula is C19H21N3O3. The number of nitrogens with zero attached hydrogens (tertiary/aromatic N) is 2. The van der Waals surface area contributed by atoms with Crippen LogP contribution in [0.3, 0.4) is 0 Å². The van der Waals surface area contributed by atoms with Crippen molar-refractivity contribution >= 4 is 18.0 Å². The van der Waals surface area contributed by atoms with E-state index in [4.69, 9.17) is 4.74 Å². The van der Waals surface area contributed by atoms with E-state index in [0.29, 0.717) is 23.0 Å². The highest BCUT2D eigenvalue weighted by molar-refractivity contribution is 5.95. The number of carbonyl (C=O) groups is 2. The highest BCUT2D eigenvalue weighted by Crippen LogP contribution is 2.22. The molecule has 1 fully saturated rings. The van der Waals surface area contributed by atoms with Crippen LogP contribution in [-0.4, -0.2) is 27.7 Å². The van der Waals surface area contributed by atoms with E-state index in [1.54, 1.807) is 49.0 Å². The number of hydrogen-bond donors (Lipinski definition) is 1. The van der Waals surface area contributed by atoms with Gasteiger partial charge in [0.25, 0.3) is 5.91 Å². The fraction of sp³-hybridized carbons (Fsp3) is 0.316. The average Bonchev–Trinajstić information content (AvgIpc) is 3.37. The third-order valence-corrected chi connectivity index (χ3v) is 4.14. The average molecular weight is 339 g/mol. The van der Waals surface area contributed by atoms with E-state index >= 15 is 0 Å².